The maximum absolute atomic E-state index is 12.4. The minimum Gasteiger partial charge on any atom is -0.497 e. The molecule has 4 rings (SSSR count). The van der Waals surface area contributed by atoms with Crippen LogP contribution >= 0.6 is 0 Å². The second kappa shape index (κ2) is 11.6. The topological polar surface area (TPSA) is 107 Å². The number of urea groups is 1. The van der Waals surface area contributed by atoms with Gasteiger partial charge < -0.3 is 30.2 Å². The molecule has 1 aliphatic rings. The highest BCUT2D eigenvalue weighted by atomic mass is 16.5. The van der Waals surface area contributed by atoms with Gasteiger partial charge in [-0.3, -0.25) is 4.98 Å². The molecule has 3 N–H and O–H groups in total. The number of rotatable bonds is 8. The van der Waals surface area contributed by atoms with Crippen molar-refractivity contribution in [3.63, 3.8) is 0 Å². The summed E-state index contributed by atoms with van der Waals surface area (Å²) in [6, 6.07) is 16.3. The third kappa shape index (κ3) is 6.01. The minimum atomic E-state index is -0.333. The van der Waals surface area contributed by atoms with E-state index in [1.54, 1.807) is 33.7 Å². The van der Waals surface area contributed by atoms with E-state index in [9.17, 15) is 4.79 Å². The number of allylic oxidation sites excluding steroid dienone is 2. The molecule has 0 atom stereocenters. The first-order valence-electron chi connectivity index (χ1n) is 11.2. The van der Waals surface area contributed by atoms with Gasteiger partial charge in [-0.1, -0.05) is 36.4 Å². The third-order valence-corrected chi connectivity index (χ3v) is 5.30. The molecule has 0 aliphatic heterocycles. The highest BCUT2D eigenvalue weighted by Crippen LogP contribution is 2.27. The molecule has 36 heavy (non-hydrogen) atoms. The lowest BCUT2D eigenvalue weighted by molar-refractivity contribution is 0.184. The Balaban J connectivity index is 1.49. The van der Waals surface area contributed by atoms with Crippen molar-refractivity contribution in [3.8, 4) is 11.3 Å². The number of hydrogen-bond acceptors (Lipinski definition) is 7. The number of aromatic nitrogens is 2. The summed E-state index contributed by atoms with van der Waals surface area (Å²) in [6.45, 7) is 0. The van der Waals surface area contributed by atoms with Crippen molar-refractivity contribution >= 4 is 23.2 Å². The van der Waals surface area contributed by atoms with Gasteiger partial charge in [-0.15, -0.1) is 0 Å². The van der Waals surface area contributed by atoms with Crippen molar-refractivity contribution in [3.05, 3.63) is 102 Å². The van der Waals surface area contributed by atoms with Gasteiger partial charge in [0.15, 0.2) is 11.5 Å². The fraction of sp³-hybridized carbons (Fsp3) is 0.148. The van der Waals surface area contributed by atoms with E-state index in [4.69, 9.17) is 19.2 Å². The molecule has 0 unspecified atom stereocenters. The molecule has 0 saturated carbocycles. The Bertz CT molecular complexity index is 1320. The molecule has 9 heteroatoms. The quantitative estimate of drug-likeness (QED) is 0.386. The number of nitrogens with zero attached hydrogens (tertiary/aromatic N) is 2. The van der Waals surface area contributed by atoms with Crippen molar-refractivity contribution in [2.24, 2.45) is 0 Å². The molecule has 2 aromatic carbocycles. The van der Waals surface area contributed by atoms with Gasteiger partial charge in [0, 0.05) is 35.1 Å². The zero-order valence-corrected chi connectivity index (χ0v) is 20.2. The van der Waals surface area contributed by atoms with Crippen LogP contribution in [0.15, 0.2) is 102 Å². The van der Waals surface area contributed by atoms with Crippen molar-refractivity contribution in [2.45, 2.75) is 6.42 Å². The summed E-state index contributed by atoms with van der Waals surface area (Å²) in [5.41, 5.74) is 3.54. The number of anilines is 3. The Kier molecular flexibility index (Phi) is 7.82. The lowest BCUT2D eigenvalue weighted by atomic mass is 10.1. The van der Waals surface area contributed by atoms with Crippen LogP contribution in [0.5, 0.6) is 0 Å². The van der Waals surface area contributed by atoms with E-state index in [0.717, 1.165) is 11.3 Å². The van der Waals surface area contributed by atoms with Crippen LogP contribution < -0.4 is 16.0 Å². The van der Waals surface area contributed by atoms with Crippen molar-refractivity contribution < 1.29 is 19.0 Å². The Morgan fingerprint density at radius 2 is 1.67 bits per heavy atom. The van der Waals surface area contributed by atoms with Crippen LogP contribution in [0.4, 0.5) is 22.0 Å². The molecule has 0 radical (unpaired) electrons. The molecule has 184 valence electrons. The summed E-state index contributed by atoms with van der Waals surface area (Å²) >= 11 is 0. The Morgan fingerprint density at radius 3 is 2.42 bits per heavy atom. The lowest BCUT2D eigenvalue weighted by Crippen LogP contribution is -2.19. The smallest absolute Gasteiger partial charge is 0.323 e. The molecule has 9 nitrogen and oxygen atoms in total. The fourth-order valence-corrected chi connectivity index (χ4v) is 3.61. The first-order chi connectivity index (χ1) is 17.6. The number of hydrogen-bond donors (Lipinski definition) is 3. The van der Waals surface area contributed by atoms with E-state index in [0.29, 0.717) is 46.6 Å². The summed E-state index contributed by atoms with van der Waals surface area (Å²) in [7, 11) is 4.74. The molecule has 0 bridgehead atoms. The van der Waals surface area contributed by atoms with Gasteiger partial charge in [-0.05, 0) is 24.3 Å². The maximum Gasteiger partial charge on any atom is 0.323 e. The summed E-state index contributed by atoms with van der Waals surface area (Å²) < 4.78 is 16.4. The summed E-state index contributed by atoms with van der Waals surface area (Å²) in [4.78, 5) is 21.4. The lowest BCUT2D eigenvalue weighted by Gasteiger charge is -2.12. The number of ether oxygens (including phenoxy) is 3. The predicted octanol–water partition coefficient (Wildman–Crippen LogP) is 5.52. The third-order valence-electron chi connectivity index (χ3n) is 5.30. The molecule has 1 heterocycles. The van der Waals surface area contributed by atoms with E-state index in [-0.39, 0.29) is 6.03 Å². The summed E-state index contributed by atoms with van der Waals surface area (Å²) in [6.07, 6.45) is 7.58. The largest absolute Gasteiger partial charge is 0.497 e. The van der Waals surface area contributed by atoms with Crippen molar-refractivity contribution in [1.82, 2.24) is 9.97 Å². The fourth-order valence-electron chi connectivity index (χ4n) is 3.61. The van der Waals surface area contributed by atoms with Crippen LogP contribution in [-0.4, -0.2) is 37.3 Å². The highest BCUT2D eigenvalue weighted by molar-refractivity contribution is 6.00. The van der Waals surface area contributed by atoms with E-state index in [1.807, 2.05) is 66.7 Å². The van der Waals surface area contributed by atoms with Crippen molar-refractivity contribution in [2.75, 3.05) is 37.3 Å². The average molecular weight is 486 g/mol. The van der Waals surface area contributed by atoms with Crippen molar-refractivity contribution in [1.29, 1.82) is 0 Å². The number of benzene rings is 2. The van der Waals surface area contributed by atoms with E-state index in [1.165, 1.54) is 0 Å². The second-order valence-electron chi connectivity index (χ2n) is 7.68. The zero-order valence-electron chi connectivity index (χ0n) is 20.2. The molecular formula is C27H27N5O4. The van der Waals surface area contributed by atoms with Crippen LogP contribution in [0.2, 0.25) is 0 Å². The number of carbonyl (C=O) groups excluding carboxylic acids is 1. The van der Waals surface area contributed by atoms with Gasteiger partial charge in [0.1, 0.15) is 11.6 Å². The molecule has 0 saturated heterocycles. The van der Waals surface area contributed by atoms with Gasteiger partial charge in [-0.2, -0.15) is 0 Å². The zero-order chi connectivity index (χ0) is 25.3. The molecule has 1 aliphatic carbocycles. The maximum atomic E-state index is 12.4. The minimum absolute atomic E-state index is 0.333. The summed E-state index contributed by atoms with van der Waals surface area (Å²) in [5.74, 6) is 2.27. The van der Waals surface area contributed by atoms with Crippen LogP contribution in [0.1, 0.15) is 6.42 Å². The van der Waals surface area contributed by atoms with E-state index in [2.05, 4.69) is 20.9 Å². The normalized spacial score (nSPS) is 13.1. The molecule has 0 spiro atoms. The average Bonchev–Trinajstić information content (AvgIpc) is 3.07. The number of methoxy groups -OCH3 is 3. The first-order valence-corrected chi connectivity index (χ1v) is 11.2. The predicted molar refractivity (Wildman–Crippen MR) is 139 cm³/mol. The van der Waals surface area contributed by atoms with Gasteiger partial charge >= 0.3 is 6.03 Å². The van der Waals surface area contributed by atoms with Gasteiger partial charge in [0.2, 0.25) is 0 Å². The Labute approximate surface area is 209 Å². The Hall–Kier alpha value is -4.79. The standard InChI is InChI=1S/C27H27N5O4/c1-34-23-13-12-21(15-24(35-2)26(23)36-3)29-25-17-28-16-22(32-25)18-8-7-11-20(14-18)31-27(33)30-19-9-5-4-6-10-19/h4-12,14-17H,13H2,1-3H3,(H,29,32)(H2,30,31,33). The second-order valence-corrected chi connectivity index (χ2v) is 7.68. The van der Waals surface area contributed by atoms with Gasteiger partial charge in [0.25, 0.3) is 0 Å². The number of nitrogens with one attached hydrogen (secondary N) is 3. The summed E-state index contributed by atoms with van der Waals surface area (Å²) in [5, 5.41) is 8.92. The van der Waals surface area contributed by atoms with E-state index >= 15 is 0 Å². The van der Waals surface area contributed by atoms with Crippen LogP contribution in [0.3, 0.4) is 0 Å². The van der Waals surface area contributed by atoms with Crippen LogP contribution in [0, 0.1) is 0 Å². The molecule has 0 fully saturated rings. The highest BCUT2D eigenvalue weighted by Gasteiger charge is 2.18. The van der Waals surface area contributed by atoms with Gasteiger partial charge in [-0.25, -0.2) is 9.78 Å². The molecule has 1 aromatic heterocycles. The SMILES string of the molecule is COC1=CC(Nc2cncc(-c3cccc(NC(=O)Nc4ccccc4)c3)n2)=CCC(OC)=C1OC. The van der Waals surface area contributed by atoms with Gasteiger partial charge in [0.05, 0.1) is 39.4 Å². The molecule has 3 aromatic rings. The number of para-hydroxylation sites is 1. The molecule has 2 amide bonds. The Morgan fingerprint density at radius 1 is 0.889 bits per heavy atom. The van der Waals surface area contributed by atoms with Crippen LogP contribution in [0.25, 0.3) is 11.3 Å². The van der Waals surface area contributed by atoms with E-state index < -0.39 is 0 Å². The first kappa shape index (κ1) is 24.3. The van der Waals surface area contributed by atoms with Crippen LogP contribution in [-0.2, 0) is 14.2 Å². The molecular weight excluding hydrogens is 458 g/mol. The number of carbonyl (C=O) groups is 1. The monoisotopic (exact) mass is 485 g/mol. The number of amides is 2.